The number of nitrogens with zero attached hydrogens (tertiary/aromatic N) is 1. The van der Waals surface area contributed by atoms with Crippen LogP contribution in [0.1, 0.15) is 46.5 Å². The van der Waals surface area contributed by atoms with Crippen LogP contribution < -0.4 is 5.32 Å². The van der Waals surface area contributed by atoms with Gasteiger partial charge in [-0.1, -0.05) is 12.1 Å². The maximum atomic E-state index is 12.5. The lowest BCUT2D eigenvalue weighted by atomic mass is 9.97. The molecule has 2 fully saturated rings. The summed E-state index contributed by atoms with van der Waals surface area (Å²) >= 11 is 1.77. The smallest absolute Gasteiger partial charge is 0.410 e. The van der Waals surface area contributed by atoms with Gasteiger partial charge in [0.15, 0.2) is 0 Å². The molecule has 1 aromatic rings. The summed E-state index contributed by atoms with van der Waals surface area (Å²) in [4.78, 5) is 15.8. The van der Waals surface area contributed by atoms with Crippen molar-refractivity contribution in [2.24, 2.45) is 0 Å². The summed E-state index contributed by atoms with van der Waals surface area (Å²) in [5, 5.41) is 3.71. The van der Waals surface area contributed by atoms with Gasteiger partial charge in [-0.15, -0.1) is 11.8 Å². The molecule has 132 valence electrons. The van der Waals surface area contributed by atoms with Gasteiger partial charge in [0.1, 0.15) is 5.60 Å². The molecule has 0 aliphatic carbocycles. The average Bonchev–Trinajstić information content (AvgIpc) is 2.78. The second-order valence-corrected chi connectivity index (χ2v) is 8.63. The highest BCUT2D eigenvalue weighted by Crippen LogP contribution is 2.38. The van der Waals surface area contributed by atoms with Gasteiger partial charge in [0.2, 0.25) is 0 Å². The Morgan fingerprint density at radius 1 is 1.21 bits per heavy atom. The lowest BCUT2D eigenvalue weighted by Crippen LogP contribution is -2.51. The number of carbonyl (C=O) groups excluding carboxylic acids is 1. The molecule has 2 aliphatic rings. The Morgan fingerprint density at radius 3 is 2.42 bits per heavy atom. The summed E-state index contributed by atoms with van der Waals surface area (Å²) < 4.78 is 5.61. The van der Waals surface area contributed by atoms with Gasteiger partial charge in [0.05, 0.1) is 0 Å². The van der Waals surface area contributed by atoms with Crippen LogP contribution in [0.2, 0.25) is 0 Å². The van der Waals surface area contributed by atoms with E-state index in [0.29, 0.717) is 18.1 Å². The third kappa shape index (κ3) is 3.82. The highest BCUT2D eigenvalue weighted by molar-refractivity contribution is 7.98. The van der Waals surface area contributed by atoms with Crippen molar-refractivity contribution in [3.8, 4) is 0 Å². The van der Waals surface area contributed by atoms with E-state index in [1.54, 1.807) is 11.8 Å². The number of thioether (sulfide) groups is 1. The zero-order valence-electron chi connectivity index (χ0n) is 15.0. The summed E-state index contributed by atoms with van der Waals surface area (Å²) in [5.41, 5.74) is 0.781. The SMILES string of the molecule is CSc1ccccc1NC1CC2CCC(C1)N2C(=O)OC(C)(C)C. The van der Waals surface area contributed by atoms with Gasteiger partial charge in [-0.2, -0.15) is 0 Å². The lowest BCUT2D eigenvalue weighted by Gasteiger charge is -2.40. The molecule has 2 atom stereocenters. The molecule has 3 rings (SSSR count). The first-order valence-electron chi connectivity index (χ1n) is 8.78. The maximum absolute atomic E-state index is 12.5. The van der Waals surface area contributed by atoms with Gasteiger partial charge in [-0.05, 0) is 64.8 Å². The zero-order chi connectivity index (χ0) is 17.3. The Bertz CT molecular complexity index is 585. The Morgan fingerprint density at radius 2 is 1.83 bits per heavy atom. The number of amides is 1. The number of fused-ring (bicyclic) bond motifs is 2. The van der Waals surface area contributed by atoms with Crippen LogP contribution in [0.15, 0.2) is 29.2 Å². The Labute approximate surface area is 149 Å². The van der Waals surface area contributed by atoms with Gasteiger partial charge >= 0.3 is 6.09 Å². The molecular formula is C19H28N2O2S. The van der Waals surface area contributed by atoms with Crippen LogP contribution in [-0.2, 0) is 4.74 Å². The summed E-state index contributed by atoms with van der Waals surface area (Å²) in [6.07, 6.45) is 6.14. The summed E-state index contributed by atoms with van der Waals surface area (Å²) in [6, 6.07) is 9.48. The second kappa shape index (κ2) is 6.87. The van der Waals surface area contributed by atoms with Crippen LogP contribution in [0.3, 0.4) is 0 Å². The third-order valence-electron chi connectivity index (χ3n) is 4.80. The molecule has 24 heavy (non-hydrogen) atoms. The van der Waals surface area contributed by atoms with Crippen molar-refractivity contribution in [2.75, 3.05) is 11.6 Å². The molecule has 1 N–H and O–H groups in total. The van der Waals surface area contributed by atoms with Crippen molar-refractivity contribution in [3.63, 3.8) is 0 Å². The van der Waals surface area contributed by atoms with E-state index in [2.05, 4.69) is 35.8 Å². The number of ether oxygens (including phenoxy) is 1. The fourth-order valence-corrected chi connectivity index (χ4v) is 4.45. The van der Waals surface area contributed by atoms with Crippen molar-refractivity contribution in [1.82, 2.24) is 4.90 Å². The van der Waals surface area contributed by atoms with Gasteiger partial charge in [0.25, 0.3) is 0 Å². The van der Waals surface area contributed by atoms with E-state index in [9.17, 15) is 4.79 Å². The van der Waals surface area contributed by atoms with Crippen molar-refractivity contribution in [3.05, 3.63) is 24.3 Å². The number of anilines is 1. The molecule has 2 unspecified atom stereocenters. The van der Waals surface area contributed by atoms with Gasteiger partial charge < -0.3 is 15.0 Å². The molecule has 2 heterocycles. The van der Waals surface area contributed by atoms with Crippen molar-refractivity contribution < 1.29 is 9.53 Å². The number of hydrogen-bond acceptors (Lipinski definition) is 4. The Kier molecular flexibility index (Phi) is 5.00. The monoisotopic (exact) mass is 348 g/mol. The van der Waals surface area contributed by atoms with Crippen molar-refractivity contribution in [1.29, 1.82) is 0 Å². The van der Waals surface area contributed by atoms with E-state index >= 15 is 0 Å². The number of piperidine rings is 1. The van der Waals surface area contributed by atoms with Gasteiger partial charge in [0, 0.05) is 28.7 Å². The first-order chi connectivity index (χ1) is 11.4. The number of benzene rings is 1. The molecule has 0 aromatic heterocycles. The molecule has 1 aromatic carbocycles. The van der Waals surface area contributed by atoms with Crippen LogP contribution in [0.25, 0.3) is 0 Å². The number of nitrogens with one attached hydrogen (secondary N) is 1. The molecule has 5 heteroatoms. The second-order valence-electron chi connectivity index (χ2n) is 7.79. The molecule has 2 saturated heterocycles. The average molecular weight is 349 g/mol. The van der Waals surface area contributed by atoms with Crippen LogP contribution in [0.5, 0.6) is 0 Å². The third-order valence-corrected chi connectivity index (χ3v) is 5.60. The minimum absolute atomic E-state index is 0.141. The molecule has 0 saturated carbocycles. The molecule has 0 radical (unpaired) electrons. The molecule has 4 nitrogen and oxygen atoms in total. The zero-order valence-corrected chi connectivity index (χ0v) is 15.9. The van der Waals surface area contributed by atoms with Gasteiger partial charge in [-0.3, -0.25) is 0 Å². The number of hydrogen-bond donors (Lipinski definition) is 1. The van der Waals surface area contributed by atoms with E-state index in [-0.39, 0.29) is 6.09 Å². The quantitative estimate of drug-likeness (QED) is 0.800. The topological polar surface area (TPSA) is 41.6 Å². The Hall–Kier alpha value is -1.36. The summed E-state index contributed by atoms with van der Waals surface area (Å²) in [7, 11) is 0. The van der Waals surface area contributed by atoms with E-state index < -0.39 is 5.60 Å². The van der Waals surface area contributed by atoms with E-state index in [4.69, 9.17) is 4.74 Å². The van der Waals surface area contributed by atoms with Crippen molar-refractivity contribution >= 4 is 23.5 Å². The minimum Gasteiger partial charge on any atom is -0.444 e. The molecule has 2 aliphatic heterocycles. The lowest BCUT2D eigenvalue weighted by molar-refractivity contribution is 0.00683. The molecular weight excluding hydrogens is 320 g/mol. The van der Waals surface area contributed by atoms with Crippen molar-refractivity contribution in [2.45, 2.75) is 75.1 Å². The minimum atomic E-state index is -0.428. The Balaban J connectivity index is 1.66. The predicted molar refractivity (Wildman–Crippen MR) is 99.8 cm³/mol. The first-order valence-corrected chi connectivity index (χ1v) is 10.0. The van der Waals surface area contributed by atoms with Crippen LogP contribution in [0, 0.1) is 0 Å². The summed E-state index contributed by atoms with van der Waals surface area (Å²) in [5.74, 6) is 0. The van der Waals surface area contributed by atoms with Crippen LogP contribution >= 0.6 is 11.8 Å². The van der Waals surface area contributed by atoms with E-state index in [1.807, 2.05) is 25.7 Å². The fourth-order valence-electron chi connectivity index (χ4n) is 3.89. The standard InChI is InChI=1S/C19H28N2O2S/c1-19(2,3)23-18(22)21-14-9-10-15(21)12-13(11-14)20-16-7-5-6-8-17(16)24-4/h5-8,13-15,20H,9-12H2,1-4H3. The largest absolute Gasteiger partial charge is 0.444 e. The van der Waals surface area contributed by atoms with E-state index in [1.165, 1.54) is 10.6 Å². The first kappa shape index (κ1) is 17.5. The number of rotatable bonds is 3. The van der Waals surface area contributed by atoms with Gasteiger partial charge in [-0.25, -0.2) is 4.79 Å². The molecule has 0 spiro atoms. The normalized spacial score (nSPS) is 26.3. The molecule has 1 amide bonds. The maximum Gasteiger partial charge on any atom is 0.410 e. The number of para-hydroxylation sites is 1. The van der Waals surface area contributed by atoms with Crippen LogP contribution in [0.4, 0.5) is 10.5 Å². The van der Waals surface area contributed by atoms with E-state index in [0.717, 1.165) is 25.7 Å². The van der Waals surface area contributed by atoms with Crippen LogP contribution in [-0.4, -0.2) is 41.0 Å². The highest BCUT2D eigenvalue weighted by atomic mass is 32.2. The highest BCUT2D eigenvalue weighted by Gasteiger charge is 2.44. The predicted octanol–water partition coefficient (Wildman–Crippen LogP) is 4.75. The number of carbonyl (C=O) groups is 1. The fraction of sp³-hybridized carbons (Fsp3) is 0.632. The molecule has 2 bridgehead atoms. The summed E-state index contributed by atoms with van der Waals surface area (Å²) in [6.45, 7) is 5.79.